The van der Waals surface area contributed by atoms with Crippen LogP contribution < -0.4 is 11.1 Å². The van der Waals surface area contributed by atoms with Crippen molar-refractivity contribution in [3.8, 4) is 0 Å². The molecule has 0 aliphatic carbocycles. The van der Waals surface area contributed by atoms with Crippen LogP contribution in [0.2, 0.25) is 0 Å². The van der Waals surface area contributed by atoms with Crippen LogP contribution in [-0.4, -0.2) is 35.3 Å². The predicted octanol–water partition coefficient (Wildman–Crippen LogP) is 0.538. The Bertz CT molecular complexity index is 439. The summed E-state index contributed by atoms with van der Waals surface area (Å²) in [6, 6.07) is 0.0100. The summed E-state index contributed by atoms with van der Waals surface area (Å²) in [4.78, 5) is 22.9. The van der Waals surface area contributed by atoms with E-state index in [-0.39, 0.29) is 23.9 Å². The molecular weight excluding hydrogens is 236 g/mol. The number of nitrogens with two attached hydrogens (primary N) is 1. The van der Waals surface area contributed by atoms with Gasteiger partial charge in [-0.1, -0.05) is 0 Å². The quantitative estimate of drug-likeness (QED) is 0.773. The summed E-state index contributed by atoms with van der Waals surface area (Å²) >= 11 is 0. The normalized spacial score (nSPS) is 10.7. The number of amides is 2. The SMILES string of the molecule is COCCC(=O)Nc1c(C(N)=O)cnn1C(C)C. The molecular formula is C11H18N4O3. The lowest BCUT2D eigenvalue weighted by Crippen LogP contribution is -2.21. The third kappa shape index (κ3) is 3.30. The molecule has 0 atom stereocenters. The molecule has 0 bridgehead atoms. The lowest BCUT2D eigenvalue weighted by molar-refractivity contribution is -0.117. The fourth-order valence-electron chi connectivity index (χ4n) is 1.45. The van der Waals surface area contributed by atoms with Crippen molar-refractivity contribution >= 4 is 17.6 Å². The number of carbonyl (C=O) groups is 2. The van der Waals surface area contributed by atoms with Crippen molar-refractivity contribution in [2.45, 2.75) is 26.3 Å². The van der Waals surface area contributed by atoms with Crippen LogP contribution in [0, 0.1) is 0 Å². The first-order chi connectivity index (χ1) is 8.47. The van der Waals surface area contributed by atoms with Crippen molar-refractivity contribution < 1.29 is 14.3 Å². The average molecular weight is 254 g/mol. The Morgan fingerprint density at radius 3 is 2.72 bits per heavy atom. The topological polar surface area (TPSA) is 99.2 Å². The number of primary amides is 1. The van der Waals surface area contributed by atoms with Gasteiger partial charge in [0.25, 0.3) is 5.91 Å². The van der Waals surface area contributed by atoms with Crippen LogP contribution in [0.3, 0.4) is 0 Å². The Morgan fingerprint density at radius 2 is 2.22 bits per heavy atom. The third-order valence-corrected chi connectivity index (χ3v) is 2.34. The standard InChI is InChI=1S/C11H18N4O3/c1-7(2)15-11(8(6-13-15)10(12)17)14-9(16)4-5-18-3/h6-7H,4-5H2,1-3H3,(H2,12,17)(H,14,16). The van der Waals surface area contributed by atoms with Gasteiger partial charge in [0.05, 0.1) is 19.2 Å². The number of anilines is 1. The van der Waals surface area contributed by atoms with Crippen LogP contribution in [0.4, 0.5) is 5.82 Å². The molecule has 18 heavy (non-hydrogen) atoms. The second kappa shape index (κ2) is 6.15. The van der Waals surface area contributed by atoms with E-state index in [1.54, 1.807) is 4.68 Å². The minimum absolute atomic E-state index is 0.0100. The number of nitrogens with one attached hydrogen (secondary N) is 1. The molecule has 0 saturated carbocycles. The molecule has 0 fully saturated rings. The molecule has 3 N–H and O–H groups in total. The summed E-state index contributed by atoms with van der Waals surface area (Å²) in [5.41, 5.74) is 5.44. The second-order valence-corrected chi connectivity index (χ2v) is 4.10. The van der Waals surface area contributed by atoms with Gasteiger partial charge in [-0.05, 0) is 13.8 Å². The number of methoxy groups -OCH3 is 1. The highest BCUT2D eigenvalue weighted by Gasteiger charge is 2.18. The fraction of sp³-hybridized carbons (Fsp3) is 0.545. The summed E-state index contributed by atoms with van der Waals surface area (Å²) < 4.78 is 6.36. The van der Waals surface area contributed by atoms with E-state index in [1.165, 1.54) is 13.3 Å². The van der Waals surface area contributed by atoms with Crippen LogP contribution in [0.25, 0.3) is 0 Å². The molecule has 1 aromatic rings. The Hall–Kier alpha value is -1.89. The van der Waals surface area contributed by atoms with E-state index in [0.717, 1.165) is 0 Å². The van der Waals surface area contributed by atoms with E-state index in [0.29, 0.717) is 12.4 Å². The third-order valence-electron chi connectivity index (χ3n) is 2.34. The average Bonchev–Trinajstić information content (AvgIpc) is 2.70. The summed E-state index contributed by atoms with van der Waals surface area (Å²) in [6.45, 7) is 4.10. The summed E-state index contributed by atoms with van der Waals surface area (Å²) in [7, 11) is 1.51. The van der Waals surface area contributed by atoms with E-state index in [2.05, 4.69) is 10.4 Å². The van der Waals surface area contributed by atoms with Gasteiger partial charge in [0.1, 0.15) is 11.4 Å². The van der Waals surface area contributed by atoms with Gasteiger partial charge in [0.15, 0.2) is 0 Å². The summed E-state index contributed by atoms with van der Waals surface area (Å²) in [6.07, 6.45) is 1.56. The monoisotopic (exact) mass is 254 g/mol. The molecule has 0 aliphatic rings. The fourth-order valence-corrected chi connectivity index (χ4v) is 1.45. The van der Waals surface area contributed by atoms with Gasteiger partial charge in [-0.3, -0.25) is 9.59 Å². The van der Waals surface area contributed by atoms with Gasteiger partial charge in [-0.25, -0.2) is 4.68 Å². The molecule has 7 nitrogen and oxygen atoms in total. The van der Waals surface area contributed by atoms with E-state index in [4.69, 9.17) is 10.5 Å². The zero-order chi connectivity index (χ0) is 13.7. The van der Waals surface area contributed by atoms with E-state index >= 15 is 0 Å². The highest BCUT2D eigenvalue weighted by atomic mass is 16.5. The molecule has 0 radical (unpaired) electrons. The molecule has 0 aliphatic heterocycles. The van der Waals surface area contributed by atoms with Crippen molar-refractivity contribution in [3.63, 3.8) is 0 Å². The van der Waals surface area contributed by atoms with Crippen LogP contribution in [0.15, 0.2) is 6.20 Å². The van der Waals surface area contributed by atoms with Crippen molar-refractivity contribution in [2.24, 2.45) is 5.73 Å². The Balaban J connectivity index is 2.93. The molecule has 0 aromatic carbocycles. The lowest BCUT2D eigenvalue weighted by atomic mass is 10.3. The number of rotatable bonds is 6. The summed E-state index contributed by atoms with van der Waals surface area (Å²) in [5, 5.41) is 6.68. The van der Waals surface area contributed by atoms with Crippen molar-refractivity contribution in [2.75, 3.05) is 19.0 Å². The first-order valence-corrected chi connectivity index (χ1v) is 5.63. The molecule has 1 rings (SSSR count). The van der Waals surface area contributed by atoms with Crippen LogP contribution in [0.5, 0.6) is 0 Å². The number of hydrogen-bond acceptors (Lipinski definition) is 4. The molecule has 2 amide bonds. The first kappa shape index (κ1) is 14.2. The van der Waals surface area contributed by atoms with E-state index in [9.17, 15) is 9.59 Å². The van der Waals surface area contributed by atoms with Crippen molar-refractivity contribution in [3.05, 3.63) is 11.8 Å². The number of nitrogens with zero attached hydrogens (tertiary/aromatic N) is 2. The minimum atomic E-state index is -0.621. The smallest absolute Gasteiger partial charge is 0.254 e. The van der Waals surface area contributed by atoms with E-state index in [1.807, 2.05) is 13.8 Å². The highest BCUT2D eigenvalue weighted by molar-refractivity contribution is 6.01. The maximum atomic E-state index is 11.6. The van der Waals surface area contributed by atoms with Crippen LogP contribution in [0.1, 0.15) is 36.7 Å². The van der Waals surface area contributed by atoms with Gasteiger partial charge >= 0.3 is 0 Å². The van der Waals surface area contributed by atoms with Gasteiger partial charge in [0.2, 0.25) is 5.91 Å². The highest BCUT2D eigenvalue weighted by Crippen LogP contribution is 2.19. The minimum Gasteiger partial charge on any atom is -0.384 e. The number of hydrogen-bond donors (Lipinski definition) is 2. The van der Waals surface area contributed by atoms with Crippen LogP contribution in [-0.2, 0) is 9.53 Å². The molecule has 0 saturated heterocycles. The van der Waals surface area contributed by atoms with Gasteiger partial charge in [-0.2, -0.15) is 5.10 Å². The molecule has 1 aromatic heterocycles. The maximum Gasteiger partial charge on any atom is 0.254 e. The largest absolute Gasteiger partial charge is 0.384 e. The molecule has 0 spiro atoms. The zero-order valence-corrected chi connectivity index (χ0v) is 10.8. The Kier molecular flexibility index (Phi) is 4.85. The van der Waals surface area contributed by atoms with E-state index < -0.39 is 5.91 Å². The molecule has 100 valence electrons. The molecule has 0 unspecified atom stereocenters. The number of ether oxygens (including phenoxy) is 1. The predicted molar refractivity (Wildman–Crippen MR) is 66.3 cm³/mol. The van der Waals surface area contributed by atoms with Crippen molar-refractivity contribution in [1.29, 1.82) is 0 Å². The zero-order valence-electron chi connectivity index (χ0n) is 10.8. The first-order valence-electron chi connectivity index (χ1n) is 5.63. The van der Waals surface area contributed by atoms with Gasteiger partial charge in [-0.15, -0.1) is 0 Å². The Morgan fingerprint density at radius 1 is 1.56 bits per heavy atom. The lowest BCUT2D eigenvalue weighted by Gasteiger charge is -2.12. The maximum absolute atomic E-state index is 11.6. The summed E-state index contributed by atoms with van der Waals surface area (Å²) in [5.74, 6) is -0.538. The Labute approximate surface area is 105 Å². The number of aromatic nitrogens is 2. The van der Waals surface area contributed by atoms with Crippen LogP contribution >= 0.6 is 0 Å². The molecule has 1 heterocycles. The van der Waals surface area contributed by atoms with Gasteiger partial charge < -0.3 is 15.8 Å². The van der Waals surface area contributed by atoms with Crippen molar-refractivity contribution in [1.82, 2.24) is 9.78 Å². The van der Waals surface area contributed by atoms with Gasteiger partial charge in [0, 0.05) is 13.2 Å². The number of carbonyl (C=O) groups excluding carboxylic acids is 2. The second-order valence-electron chi connectivity index (χ2n) is 4.10. The molecule has 7 heteroatoms.